The van der Waals surface area contributed by atoms with Crippen molar-refractivity contribution in [1.29, 1.82) is 0 Å². The highest BCUT2D eigenvalue weighted by molar-refractivity contribution is 6.31. The Labute approximate surface area is 166 Å². The van der Waals surface area contributed by atoms with Crippen LogP contribution in [0.25, 0.3) is 5.69 Å². The number of rotatable bonds is 5. The number of benzene rings is 2. The molecule has 2 amide bonds. The minimum absolute atomic E-state index is 0.159. The second kappa shape index (κ2) is 7.82. The molecule has 1 aliphatic heterocycles. The van der Waals surface area contributed by atoms with Gasteiger partial charge in [-0.05, 0) is 42.3 Å². The van der Waals surface area contributed by atoms with E-state index in [-0.39, 0.29) is 11.8 Å². The average molecular weight is 396 g/mol. The molecule has 2 aromatic carbocycles. The third kappa shape index (κ3) is 3.89. The lowest BCUT2D eigenvalue weighted by molar-refractivity contribution is -0.128. The van der Waals surface area contributed by atoms with E-state index in [0.717, 1.165) is 18.5 Å². The van der Waals surface area contributed by atoms with Gasteiger partial charge in [-0.15, -0.1) is 0 Å². The summed E-state index contributed by atoms with van der Waals surface area (Å²) in [6, 6.07) is 12.4. The van der Waals surface area contributed by atoms with E-state index in [4.69, 9.17) is 11.6 Å². The summed E-state index contributed by atoms with van der Waals surface area (Å²) in [4.78, 5) is 30.4. The van der Waals surface area contributed by atoms with Crippen LogP contribution in [0, 0.1) is 0 Å². The van der Waals surface area contributed by atoms with Crippen molar-refractivity contribution in [2.75, 3.05) is 11.9 Å². The first-order chi connectivity index (χ1) is 13.6. The molecule has 0 bridgehead atoms. The van der Waals surface area contributed by atoms with Crippen LogP contribution >= 0.6 is 11.6 Å². The molecule has 0 saturated carbocycles. The van der Waals surface area contributed by atoms with E-state index in [0.29, 0.717) is 34.9 Å². The maximum Gasteiger partial charge on any atom is 0.255 e. The first-order valence-electron chi connectivity index (χ1n) is 8.93. The van der Waals surface area contributed by atoms with Gasteiger partial charge >= 0.3 is 0 Å². The van der Waals surface area contributed by atoms with Crippen molar-refractivity contribution >= 4 is 29.1 Å². The minimum Gasteiger partial charge on any atom is -0.338 e. The Morgan fingerprint density at radius 3 is 2.86 bits per heavy atom. The van der Waals surface area contributed by atoms with Crippen molar-refractivity contribution in [3.8, 4) is 5.69 Å². The Morgan fingerprint density at radius 1 is 1.21 bits per heavy atom. The highest BCUT2D eigenvalue weighted by atomic mass is 35.5. The smallest absolute Gasteiger partial charge is 0.255 e. The first kappa shape index (κ1) is 18.2. The van der Waals surface area contributed by atoms with Crippen LogP contribution in [0.2, 0.25) is 5.02 Å². The van der Waals surface area contributed by atoms with Gasteiger partial charge < -0.3 is 10.2 Å². The summed E-state index contributed by atoms with van der Waals surface area (Å²) >= 11 is 6.11. The number of anilines is 1. The van der Waals surface area contributed by atoms with E-state index in [1.807, 2.05) is 17.0 Å². The van der Waals surface area contributed by atoms with Crippen LogP contribution in [-0.4, -0.2) is 38.0 Å². The predicted octanol–water partition coefficient (Wildman–Crippen LogP) is 3.30. The van der Waals surface area contributed by atoms with Gasteiger partial charge in [-0.1, -0.05) is 23.7 Å². The number of aromatic nitrogens is 3. The van der Waals surface area contributed by atoms with Crippen molar-refractivity contribution < 1.29 is 9.59 Å². The summed E-state index contributed by atoms with van der Waals surface area (Å²) in [6.45, 7) is 1.28. The second-order valence-corrected chi connectivity index (χ2v) is 7.01. The average Bonchev–Trinajstić information content (AvgIpc) is 3.35. The van der Waals surface area contributed by atoms with Crippen LogP contribution < -0.4 is 5.32 Å². The van der Waals surface area contributed by atoms with Crippen LogP contribution in [0.1, 0.15) is 28.8 Å². The third-order valence-corrected chi connectivity index (χ3v) is 4.84. The van der Waals surface area contributed by atoms with Gasteiger partial charge in [0.1, 0.15) is 12.7 Å². The number of nitrogens with one attached hydrogen (secondary N) is 1. The normalized spacial score (nSPS) is 13.8. The maximum atomic E-state index is 12.8. The van der Waals surface area contributed by atoms with Crippen molar-refractivity contribution in [2.45, 2.75) is 19.4 Å². The Kier molecular flexibility index (Phi) is 5.08. The molecule has 7 nitrogen and oxygen atoms in total. The molecule has 0 radical (unpaired) electrons. The zero-order chi connectivity index (χ0) is 19.5. The Balaban J connectivity index is 1.55. The molecule has 1 fully saturated rings. The maximum absolute atomic E-state index is 12.8. The van der Waals surface area contributed by atoms with E-state index < -0.39 is 0 Å². The van der Waals surface area contributed by atoms with Crippen LogP contribution in [0.4, 0.5) is 5.69 Å². The number of hydrogen-bond acceptors (Lipinski definition) is 4. The number of carbonyl (C=O) groups excluding carboxylic acids is 2. The standard InChI is InChI=1S/C20H18ClN5O2/c21-16-6-7-18(26-13-22-12-23-26)17(10-16)24-20(28)15-4-1-3-14(9-15)11-25-8-2-5-19(25)27/h1,3-4,6-7,9-10,12-13H,2,5,8,11H2,(H,24,28). The molecule has 2 heterocycles. The van der Waals surface area contributed by atoms with Crippen molar-refractivity contribution in [3.63, 3.8) is 0 Å². The molecule has 0 spiro atoms. The Hall–Kier alpha value is -3.19. The number of nitrogens with zero attached hydrogens (tertiary/aromatic N) is 4. The van der Waals surface area contributed by atoms with Crippen molar-refractivity contribution in [3.05, 3.63) is 71.3 Å². The van der Waals surface area contributed by atoms with E-state index in [2.05, 4.69) is 15.4 Å². The molecule has 8 heteroatoms. The van der Waals surface area contributed by atoms with Crippen molar-refractivity contribution in [2.24, 2.45) is 0 Å². The predicted molar refractivity (Wildman–Crippen MR) is 105 cm³/mol. The molecule has 28 heavy (non-hydrogen) atoms. The van der Waals surface area contributed by atoms with Crippen LogP contribution in [-0.2, 0) is 11.3 Å². The summed E-state index contributed by atoms with van der Waals surface area (Å²) < 4.78 is 1.56. The lowest BCUT2D eigenvalue weighted by Gasteiger charge is -2.16. The number of carbonyl (C=O) groups is 2. The fourth-order valence-electron chi connectivity index (χ4n) is 3.24. The second-order valence-electron chi connectivity index (χ2n) is 6.57. The minimum atomic E-state index is -0.266. The number of halogens is 1. The summed E-state index contributed by atoms with van der Waals surface area (Å²) in [7, 11) is 0. The molecule has 142 valence electrons. The summed E-state index contributed by atoms with van der Waals surface area (Å²) in [5.41, 5.74) is 2.62. The molecule has 4 rings (SSSR count). The highest BCUT2D eigenvalue weighted by Gasteiger charge is 2.20. The summed E-state index contributed by atoms with van der Waals surface area (Å²) in [5, 5.41) is 7.50. The van der Waals surface area contributed by atoms with Gasteiger partial charge in [0, 0.05) is 30.1 Å². The zero-order valence-corrected chi connectivity index (χ0v) is 15.8. The van der Waals surface area contributed by atoms with Crippen LogP contribution in [0.3, 0.4) is 0 Å². The molecular formula is C20H18ClN5O2. The van der Waals surface area contributed by atoms with E-state index >= 15 is 0 Å². The van der Waals surface area contributed by atoms with Gasteiger partial charge in [0.15, 0.2) is 0 Å². The van der Waals surface area contributed by atoms with Crippen LogP contribution in [0.15, 0.2) is 55.1 Å². The molecule has 1 aliphatic rings. The lowest BCUT2D eigenvalue weighted by Crippen LogP contribution is -2.24. The molecule has 0 unspecified atom stereocenters. The largest absolute Gasteiger partial charge is 0.338 e. The molecule has 0 aliphatic carbocycles. The third-order valence-electron chi connectivity index (χ3n) is 4.61. The zero-order valence-electron chi connectivity index (χ0n) is 15.0. The molecule has 1 N–H and O–H groups in total. The SMILES string of the molecule is O=C(Nc1cc(Cl)ccc1-n1cncn1)c1cccc(CN2CCCC2=O)c1. The quantitative estimate of drug-likeness (QED) is 0.718. The van der Waals surface area contributed by atoms with Gasteiger partial charge in [-0.3, -0.25) is 9.59 Å². The van der Waals surface area contributed by atoms with Gasteiger partial charge in [0.2, 0.25) is 5.91 Å². The lowest BCUT2D eigenvalue weighted by atomic mass is 10.1. The topological polar surface area (TPSA) is 80.1 Å². The highest BCUT2D eigenvalue weighted by Crippen LogP contribution is 2.25. The van der Waals surface area contributed by atoms with Gasteiger partial charge in [0.05, 0.1) is 11.4 Å². The number of hydrogen-bond donors (Lipinski definition) is 1. The summed E-state index contributed by atoms with van der Waals surface area (Å²) in [5.74, 6) is -0.107. The molecule has 0 atom stereocenters. The first-order valence-corrected chi connectivity index (χ1v) is 9.30. The summed E-state index contributed by atoms with van der Waals surface area (Å²) in [6.07, 6.45) is 4.45. The molecule has 1 aromatic heterocycles. The molecular weight excluding hydrogens is 378 g/mol. The van der Waals surface area contributed by atoms with E-state index in [1.54, 1.807) is 41.3 Å². The van der Waals surface area contributed by atoms with E-state index in [1.165, 1.54) is 6.33 Å². The monoisotopic (exact) mass is 395 g/mol. The van der Waals surface area contributed by atoms with Crippen LogP contribution in [0.5, 0.6) is 0 Å². The number of amides is 2. The van der Waals surface area contributed by atoms with Crippen molar-refractivity contribution in [1.82, 2.24) is 19.7 Å². The Morgan fingerprint density at radius 2 is 2.11 bits per heavy atom. The Bertz CT molecular complexity index is 1020. The molecule has 1 saturated heterocycles. The van der Waals surface area contributed by atoms with E-state index in [9.17, 15) is 9.59 Å². The van der Waals surface area contributed by atoms with Gasteiger partial charge in [-0.25, -0.2) is 9.67 Å². The fraction of sp³-hybridized carbons (Fsp3) is 0.200. The van der Waals surface area contributed by atoms with Gasteiger partial charge in [-0.2, -0.15) is 5.10 Å². The fourth-order valence-corrected chi connectivity index (χ4v) is 3.41. The molecule has 3 aromatic rings. The van der Waals surface area contributed by atoms with Gasteiger partial charge in [0.25, 0.3) is 5.91 Å². The number of likely N-dealkylation sites (tertiary alicyclic amines) is 1.